The third-order valence-corrected chi connectivity index (χ3v) is 5.21. The first kappa shape index (κ1) is 20.6. The van der Waals surface area contributed by atoms with Crippen LogP contribution < -0.4 is 5.32 Å². The first-order chi connectivity index (χ1) is 14.0. The number of amides is 1. The van der Waals surface area contributed by atoms with Crippen LogP contribution in [0.4, 0.5) is 5.69 Å². The number of methoxy groups -OCH3 is 1. The zero-order valence-electron chi connectivity index (χ0n) is 16.5. The van der Waals surface area contributed by atoms with Gasteiger partial charge < -0.3 is 14.6 Å². The summed E-state index contributed by atoms with van der Waals surface area (Å²) < 4.78 is 6.69. The van der Waals surface area contributed by atoms with E-state index in [1.54, 1.807) is 24.3 Å². The molecule has 0 atom stereocenters. The number of benzene rings is 2. The molecule has 150 valence electrons. The van der Waals surface area contributed by atoms with Crippen molar-refractivity contribution in [2.75, 3.05) is 18.2 Å². The highest BCUT2D eigenvalue weighted by Gasteiger charge is 2.15. The van der Waals surface area contributed by atoms with Gasteiger partial charge in [0.25, 0.3) is 0 Å². The van der Waals surface area contributed by atoms with Gasteiger partial charge in [0.05, 0.1) is 18.4 Å². The van der Waals surface area contributed by atoms with E-state index in [-0.39, 0.29) is 11.7 Å². The fourth-order valence-corrected chi connectivity index (χ4v) is 3.57. The topological polar surface area (TPSA) is 86.1 Å². The third kappa shape index (κ3) is 5.03. The molecule has 3 aromatic rings. The molecule has 2 aromatic carbocycles. The molecular weight excluding hydrogens is 388 g/mol. The van der Waals surface area contributed by atoms with Gasteiger partial charge in [-0.1, -0.05) is 47.7 Å². The van der Waals surface area contributed by atoms with Crippen molar-refractivity contribution in [3.8, 4) is 11.4 Å². The van der Waals surface area contributed by atoms with Gasteiger partial charge in [0.1, 0.15) is 0 Å². The summed E-state index contributed by atoms with van der Waals surface area (Å²) in [5, 5.41) is 12.0. The summed E-state index contributed by atoms with van der Waals surface area (Å²) in [6, 6.07) is 14.7. The van der Waals surface area contributed by atoms with Gasteiger partial charge in [-0.2, -0.15) is 0 Å². The molecule has 0 unspecified atom stereocenters. The summed E-state index contributed by atoms with van der Waals surface area (Å²) in [4.78, 5) is 24.0. The van der Waals surface area contributed by atoms with Gasteiger partial charge in [-0.15, -0.1) is 10.2 Å². The van der Waals surface area contributed by atoms with Crippen molar-refractivity contribution in [2.24, 2.45) is 0 Å². The first-order valence-electron chi connectivity index (χ1n) is 9.13. The maximum atomic E-state index is 12.3. The molecule has 0 aliphatic carbocycles. The number of esters is 1. The molecular formula is C21H22N4O3S. The Morgan fingerprint density at radius 2 is 1.90 bits per heavy atom. The summed E-state index contributed by atoms with van der Waals surface area (Å²) in [6.07, 6.45) is 0. The number of hydrogen-bond acceptors (Lipinski definition) is 6. The van der Waals surface area contributed by atoms with Gasteiger partial charge >= 0.3 is 5.97 Å². The van der Waals surface area contributed by atoms with Crippen molar-refractivity contribution in [1.82, 2.24) is 14.8 Å². The van der Waals surface area contributed by atoms with Crippen LogP contribution in [0.25, 0.3) is 11.4 Å². The molecule has 3 rings (SSSR count). The van der Waals surface area contributed by atoms with Crippen LogP contribution in [0.3, 0.4) is 0 Å². The van der Waals surface area contributed by atoms with Crippen LogP contribution in [-0.4, -0.2) is 39.5 Å². The second-order valence-corrected chi connectivity index (χ2v) is 7.27. The lowest BCUT2D eigenvalue weighted by molar-refractivity contribution is -0.113. The van der Waals surface area contributed by atoms with Crippen molar-refractivity contribution in [1.29, 1.82) is 0 Å². The first-order valence-corrected chi connectivity index (χ1v) is 10.1. The van der Waals surface area contributed by atoms with Gasteiger partial charge in [0, 0.05) is 17.8 Å². The Hall–Kier alpha value is -3.13. The minimum atomic E-state index is -0.449. The van der Waals surface area contributed by atoms with Gasteiger partial charge in [-0.05, 0) is 32.0 Å². The van der Waals surface area contributed by atoms with Crippen LogP contribution in [0.5, 0.6) is 0 Å². The van der Waals surface area contributed by atoms with Gasteiger partial charge in [-0.3, -0.25) is 4.79 Å². The average molecular weight is 410 g/mol. The average Bonchev–Trinajstić information content (AvgIpc) is 3.15. The number of nitrogens with zero attached hydrogens (tertiary/aromatic N) is 3. The Balaban J connectivity index is 1.66. The highest BCUT2D eigenvalue weighted by atomic mass is 32.2. The molecule has 1 heterocycles. The van der Waals surface area contributed by atoms with Crippen LogP contribution >= 0.6 is 11.8 Å². The van der Waals surface area contributed by atoms with Crippen molar-refractivity contribution in [3.63, 3.8) is 0 Å². The quantitative estimate of drug-likeness (QED) is 0.471. The number of nitrogens with one attached hydrogen (secondary N) is 1. The van der Waals surface area contributed by atoms with Gasteiger partial charge in [-0.25, -0.2) is 4.79 Å². The minimum Gasteiger partial charge on any atom is -0.465 e. The number of rotatable bonds is 7. The Bertz CT molecular complexity index is 1020. The second kappa shape index (κ2) is 9.38. The Morgan fingerprint density at radius 3 is 2.59 bits per heavy atom. The molecule has 0 bridgehead atoms. The number of aromatic nitrogens is 3. The van der Waals surface area contributed by atoms with E-state index in [2.05, 4.69) is 15.5 Å². The number of carbonyl (C=O) groups excluding carboxylic acids is 2. The van der Waals surface area contributed by atoms with E-state index in [9.17, 15) is 9.59 Å². The van der Waals surface area contributed by atoms with E-state index in [1.807, 2.05) is 42.7 Å². The predicted octanol–water partition coefficient (Wildman–Crippen LogP) is 3.79. The zero-order chi connectivity index (χ0) is 20.8. The van der Waals surface area contributed by atoms with Crippen molar-refractivity contribution in [3.05, 3.63) is 59.7 Å². The summed E-state index contributed by atoms with van der Waals surface area (Å²) in [7, 11) is 1.32. The van der Waals surface area contributed by atoms with Crippen LogP contribution in [-0.2, 0) is 16.1 Å². The van der Waals surface area contributed by atoms with Gasteiger partial charge in [0.15, 0.2) is 11.0 Å². The highest BCUT2D eigenvalue weighted by molar-refractivity contribution is 7.99. The monoisotopic (exact) mass is 410 g/mol. The standard InChI is InChI=1S/C21H22N4O3S/c1-4-25-19(15-10-8-14(2)9-11-15)23-24-21(25)29-13-18(26)22-17-7-5-6-16(12-17)20(27)28-3/h5-12H,4,13H2,1-3H3,(H,22,26). The summed E-state index contributed by atoms with van der Waals surface area (Å²) >= 11 is 1.32. The molecule has 0 saturated heterocycles. The van der Waals surface area contributed by atoms with E-state index in [0.717, 1.165) is 11.4 Å². The largest absolute Gasteiger partial charge is 0.465 e. The second-order valence-electron chi connectivity index (χ2n) is 6.33. The van der Waals surface area contributed by atoms with E-state index in [4.69, 9.17) is 4.74 Å². The Morgan fingerprint density at radius 1 is 1.14 bits per heavy atom. The maximum Gasteiger partial charge on any atom is 0.337 e. The zero-order valence-corrected chi connectivity index (χ0v) is 17.3. The van der Waals surface area contributed by atoms with Crippen LogP contribution in [0.2, 0.25) is 0 Å². The van der Waals surface area contributed by atoms with Crippen molar-refractivity contribution in [2.45, 2.75) is 25.5 Å². The molecule has 29 heavy (non-hydrogen) atoms. The lowest BCUT2D eigenvalue weighted by atomic mass is 10.1. The van der Waals surface area contributed by atoms with E-state index in [0.29, 0.717) is 23.0 Å². The smallest absolute Gasteiger partial charge is 0.337 e. The molecule has 1 amide bonds. The molecule has 0 fully saturated rings. The summed E-state index contributed by atoms with van der Waals surface area (Å²) in [6.45, 7) is 4.75. The highest BCUT2D eigenvalue weighted by Crippen LogP contribution is 2.24. The minimum absolute atomic E-state index is 0.175. The molecule has 7 nitrogen and oxygen atoms in total. The van der Waals surface area contributed by atoms with E-state index >= 15 is 0 Å². The van der Waals surface area contributed by atoms with Crippen LogP contribution in [0.1, 0.15) is 22.8 Å². The number of thioether (sulfide) groups is 1. The number of ether oxygens (including phenoxy) is 1. The Labute approximate surface area is 173 Å². The third-order valence-electron chi connectivity index (χ3n) is 4.24. The number of aryl methyl sites for hydroxylation is 1. The fraction of sp³-hybridized carbons (Fsp3) is 0.238. The van der Waals surface area contributed by atoms with Crippen molar-refractivity contribution < 1.29 is 14.3 Å². The SMILES string of the molecule is CCn1c(SCC(=O)Nc2cccc(C(=O)OC)c2)nnc1-c1ccc(C)cc1. The fourth-order valence-electron chi connectivity index (χ4n) is 2.77. The number of anilines is 1. The van der Waals surface area contributed by atoms with Gasteiger partial charge in [0.2, 0.25) is 5.91 Å². The van der Waals surface area contributed by atoms with Crippen molar-refractivity contribution >= 4 is 29.3 Å². The van der Waals surface area contributed by atoms with E-state index < -0.39 is 5.97 Å². The molecule has 0 spiro atoms. The molecule has 0 saturated carbocycles. The lowest BCUT2D eigenvalue weighted by Gasteiger charge is -2.08. The normalized spacial score (nSPS) is 10.6. The lowest BCUT2D eigenvalue weighted by Crippen LogP contribution is -2.15. The molecule has 0 aliphatic rings. The summed E-state index contributed by atoms with van der Waals surface area (Å²) in [5.41, 5.74) is 3.09. The molecule has 1 N–H and O–H groups in total. The summed E-state index contributed by atoms with van der Waals surface area (Å²) in [5.74, 6) is 0.310. The molecule has 0 aliphatic heterocycles. The van der Waals surface area contributed by atoms with E-state index in [1.165, 1.54) is 24.4 Å². The van der Waals surface area contributed by atoms with Crippen LogP contribution in [0, 0.1) is 6.92 Å². The number of hydrogen-bond donors (Lipinski definition) is 1. The number of carbonyl (C=O) groups is 2. The Kier molecular flexibility index (Phi) is 6.66. The predicted molar refractivity (Wildman–Crippen MR) is 113 cm³/mol. The van der Waals surface area contributed by atoms with Crippen LogP contribution in [0.15, 0.2) is 53.7 Å². The molecule has 8 heteroatoms. The molecule has 0 radical (unpaired) electrons. The maximum absolute atomic E-state index is 12.3. The molecule has 1 aromatic heterocycles.